The van der Waals surface area contributed by atoms with E-state index in [2.05, 4.69) is 13.8 Å². The van der Waals surface area contributed by atoms with E-state index in [1.165, 1.54) is 0 Å². The molecule has 2 nitrogen and oxygen atoms in total. The molecule has 0 aromatic heterocycles. The van der Waals surface area contributed by atoms with Crippen molar-refractivity contribution in [3.8, 4) is 0 Å². The minimum atomic E-state index is -0.874. The van der Waals surface area contributed by atoms with Crippen molar-refractivity contribution in [2.75, 3.05) is 0 Å². The summed E-state index contributed by atoms with van der Waals surface area (Å²) >= 11 is 1.73. The van der Waals surface area contributed by atoms with Gasteiger partial charge in [-0.05, 0) is 24.3 Å². The van der Waals surface area contributed by atoms with E-state index in [1.54, 1.807) is 23.9 Å². The number of carboxylic acid groups (broad SMARTS) is 1. The third kappa shape index (κ3) is 3.11. The van der Waals surface area contributed by atoms with Crippen molar-refractivity contribution in [2.45, 2.75) is 24.0 Å². The van der Waals surface area contributed by atoms with Crippen molar-refractivity contribution in [1.29, 1.82) is 0 Å². The van der Waals surface area contributed by atoms with Gasteiger partial charge < -0.3 is 5.11 Å². The molecule has 70 valence electrons. The molecule has 0 atom stereocenters. The van der Waals surface area contributed by atoms with E-state index in [9.17, 15) is 4.79 Å². The van der Waals surface area contributed by atoms with Crippen LogP contribution in [0.15, 0.2) is 29.2 Å². The fourth-order valence-corrected chi connectivity index (χ4v) is 1.79. The molecular weight excluding hydrogens is 184 g/mol. The Morgan fingerprint density at radius 3 is 2.23 bits per heavy atom. The first-order valence-corrected chi connectivity index (χ1v) is 4.97. The number of carbonyl (C=O) groups is 1. The van der Waals surface area contributed by atoms with E-state index in [-0.39, 0.29) is 0 Å². The van der Waals surface area contributed by atoms with Crippen LogP contribution in [0.2, 0.25) is 0 Å². The maximum Gasteiger partial charge on any atom is 0.335 e. The Hall–Kier alpha value is -0.960. The zero-order valence-electron chi connectivity index (χ0n) is 7.65. The number of hydrogen-bond acceptors (Lipinski definition) is 2. The lowest BCUT2D eigenvalue weighted by atomic mass is 10.2. The summed E-state index contributed by atoms with van der Waals surface area (Å²) in [5, 5.41) is 9.17. The fourth-order valence-electron chi connectivity index (χ4n) is 0.948. The van der Waals surface area contributed by atoms with Crippen LogP contribution in [0.3, 0.4) is 0 Å². The lowest BCUT2D eigenvalue weighted by Crippen LogP contribution is -1.95. The molecule has 1 aromatic rings. The molecule has 0 saturated carbocycles. The second-order valence-electron chi connectivity index (χ2n) is 3.00. The molecule has 0 aliphatic rings. The number of hydrogen-bond donors (Lipinski definition) is 1. The van der Waals surface area contributed by atoms with Gasteiger partial charge >= 0.3 is 5.97 Å². The molecule has 0 radical (unpaired) electrons. The Labute approximate surface area is 82.0 Å². The fraction of sp³-hybridized carbons (Fsp3) is 0.300. The average Bonchev–Trinajstić information content (AvgIpc) is 2.04. The highest BCUT2D eigenvalue weighted by Crippen LogP contribution is 2.22. The number of thioether (sulfide) groups is 1. The molecule has 3 heteroatoms. The SMILES string of the molecule is CC(C)Sc1ccc(C(=O)O)cc1. The third-order valence-electron chi connectivity index (χ3n) is 1.47. The van der Waals surface area contributed by atoms with Gasteiger partial charge in [0.2, 0.25) is 0 Å². The van der Waals surface area contributed by atoms with Crippen molar-refractivity contribution in [2.24, 2.45) is 0 Å². The number of rotatable bonds is 3. The van der Waals surface area contributed by atoms with Gasteiger partial charge in [-0.3, -0.25) is 0 Å². The topological polar surface area (TPSA) is 37.3 Å². The molecule has 0 aliphatic heterocycles. The minimum absolute atomic E-state index is 0.341. The molecule has 0 aliphatic carbocycles. The normalized spacial score (nSPS) is 10.4. The monoisotopic (exact) mass is 196 g/mol. The van der Waals surface area contributed by atoms with Crippen LogP contribution >= 0.6 is 11.8 Å². The van der Waals surface area contributed by atoms with E-state index < -0.39 is 5.97 Å². The lowest BCUT2D eigenvalue weighted by molar-refractivity contribution is 0.0697. The zero-order valence-corrected chi connectivity index (χ0v) is 8.47. The summed E-state index contributed by atoms with van der Waals surface area (Å²) in [6.07, 6.45) is 0. The number of aromatic carboxylic acids is 1. The van der Waals surface area contributed by atoms with Crippen molar-refractivity contribution < 1.29 is 9.90 Å². The summed E-state index contributed by atoms with van der Waals surface area (Å²) in [6, 6.07) is 6.95. The maximum absolute atomic E-state index is 10.5. The standard InChI is InChI=1S/C10H12O2S/c1-7(2)13-9-5-3-8(4-6-9)10(11)12/h3-7H,1-2H3,(H,11,12). The van der Waals surface area contributed by atoms with E-state index in [4.69, 9.17) is 5.11 Å². The van der Waals surface area contributed by atoms with Crippen LogP contribution in [0.1, 0.15) is 24.2 Å². The minimum Gasteiger partial charge on any atom is -0.478 e. The van der Waals surface area contributed by atoms with Gasteiger partial charge in [0.1, 0.15) is 0 Å². The van der Waals surface area contributed by atoms with Crippen LogP contribution in [0.25, 0.3) is 0 Å². The Balaban J connectivity index is 2.75. The molecule has 0 unspecified atom stereocenters. The Morgan fingerprint density at radius 1 is 1.31 bits per heavy atom. The summed E-state index contributed by atoms with van der Waals surface area (Å²) in [5.41, 5.74) is 0.341. The summed E-state index contributed by atoms with van der Waals surface area (Å²) < 4.78 is 0. The van der Waals surface area contributed by atoms with Crippen molar-refractivity contribution in [1.82, 2.24) is 0 Å². The second-order valence-corrected chi connectivity index (χ2v) is 4.65. The molecule has 1 N–H and O–H groups in total. The van der Waals surface area contributed by atoms with Gasteiger partial charge in [0, 0.05) is 10.1 Å². The summed E-state index contributed by atoms with van der Waals surface area (Å²) in [4.78, 5) is 11.6. The van der Waals surface area contributed by atoms with Crippen LogP contribution < -0.4 is 0 Å². The molecule has 1 rings (SSSR count). The third-order valence-corrected chi connectivity index (χ3v) is 2.49. The number of benzene rings is 1. The Kier molecular flexibility index (Phi) is 3.37. The highest BCUT2D eigenvalue weighted by atomic mass is 32.2. The predicted molar refractivity (Wildman–Crippen MR) is 54.4 cm³/mol. The second kappa shape index (κ2) is 4.33. The molecule has 0 amide bonds. The largest absolute Gasteiger partial charge is 0.478 e. The van der Waals surface area contributed by atoms with Gasteiger partial charge in [0.15, 0.2) is 0 Å². The van der Waals surface area contributed by atoms with Gasteiger partial charge in [-0.25, -0.2) is 4.79 Å². The van der Waals surface area contributed by atoms with Crippen LogP contribution in [-0.2, 0) is 0 Å². The molecule has 0 spiro atoms. The highest BCUT2D eigenvalue weighted by Gasteiger charge is 2.02. The Morgan fingerprint density at radius 2 is 1.85 bits per heavy atom. The van der Waals surface area contributed by atoms with Crippen LogP contribution in [-0.4, -0.2) is 16.3 Å². The van der Waals surface area contributed by atoms with E-state index in [0.29, 0.717) is 10.8 Å². The van der Waals surface area contributed by atoms with E-state index in [1.807, 2.05) is 12.1 Å². The molecule has 0 bridgehead atoms. The smallest absolute Gasteiger partial charge is 0.335 e. The maximum atomic E-state index is 10.5. The molecule has 0 saturated heterocycles. The van der Waals surface area contributed by atoms with Crippen LogP contribution in [0, 0.1) is 0 Å². The van der Waals surface area contributed by atoms with E-state index in [0.717, 1.165) is 4.90 Å². The van der Waals surface area contributed by atoms with Gasteiger partial charge in [-0.15, -0.1) is 11.8 Å². The first kappa shape index (κ1) is 10.1. The van der Waals surface area contributed by atoms with Crippen molar-refractivity contribution in [3.05, 3.63) is 29.8 Å². The summed E-state index contributed by atoms with van der Waals surface area (Å²) in [7, 11) is 0. The van der Waals surface area contributed by atoms with E-state index >= 15 is 0 Å². The molecule has 1 aromatic carbocycles. The van der Waals surface area contributed by atoms with Crippen LogP contribution in [0.4, 0.5) is 0 Å². The first-order valence-electron chi connectivity index (χ1n) is 4.09. The average molecular weight is 196 g/mol. The zero-order chi connectivity index (χ0) is 9.84. The Bertz CT molecular complexity index is 290. The van der Waals surface area contributed by atoms with Gasteiger partial charge in [-0.2, -0.15) is 0 Å². The predicted octanol–water partition coefficient (Wildman–Crippen LogP) is 2.89. The lowest BCUT2D eigenvalue weighted by Gasteiger charge is -2.04. The number of carboxylic acids is 1. The van der Waals surface area contributed by atoms with Crippen molar-refractivity contribution in [3.63, 3.8) is 0 Å². The van der Waals surface area contributed by atoms with Crippen molar-refractivity contribution >= 4 is 17.7 Å². The molecule has 0 fully saturated rings. The molecule has 0 heterocycles. The molecule has 13 heavy (non-hydrogen) atoms. The quantitative estimate of drug-likeness (QED) is 0.755. The van der Waals surface area contributed by atoms with Gasteiger partial charge in [-0.1, -0.05) is 13.8 Å². The van der Waals surface area contributed by atoms with Crippen LogP contribution in [0.5, 0.6) is 0 Å². The first-order chi connectivity index (χ1) is 6.09. The molecular formula is C10H12O2S. The summed E-state index contributed by atoms with van der Waals surface area (Å²) in [5.74, 6) is -0.874. The summed E-state index contributed by atoms with van der Waals surface area (Å²) in [6.45, 7) is 4.21. The van der Waals surface area contributed by atoms with Gasteiger partial charge in [0.05, 0.1) is 5.56 Å². The highest BCUT2D eigenvalue weighted by molar-refractivity contribution is 7.99. The van der Waals surface area contributed by atoms with Gasteiger partial charge in [0.25, 0.3) is 0 Å².